The van der Waals surface area contributed by atoms with Crippen LogP contribution in [-0.4, -0.2) is 45.5 Å². The normalized spacial score (nSPS) is 11.8. The van der Waals surface area contributed by atoms with Crippen LogP contribution in [0.15, 0.2) is 0 Å². The molecule has 0 spiro atoms. The van der Waals surface area contributed by atoms with E-state index in [0.29, 0.717) is 0 Å². The van der Waals surface area contributed by atoms with Crippen molar-refractivity contribution < 1.29 is 23.2 Å². The van der Waals surface area contributed by atoms with Crippen molar-refractivity contribution in [2.24, 2.45) is 0 Å². The second-order valence-corrected chi connectivity index (χ2v) is 2.08. The summed E-state index contributed by atoms with van der Waals surface area (Å²) in [6, 6.07) is 0. The zero-order valence-corrected chi connectivity index (χ0v) is 8.91. The Morgan fingerprint density at radius 2 is 1.38 bits per heavy atom. The molecule has 0 aliphatic heterocycles. The fraction of sp³-hybridized carbons (Fsp3) is 0. The molecule has 8 heteroatoms. The van der Waals surface area contributed by atoms with Crippen molar-refractivity contribution >= 4 is 62.0 Å². The molecule has 40 valence electrons. The fourth-order valence-corrected chi connectivity index (χ4v) is 0.490. The predicted molar refractivity (Wildman–Crippen MR) is 22.1 cm³/mol. The van der Waals surface area contributed by atoms with Crippen molar-refractivity contribution in [1.29, 1.82) is 0 Å². The molecule has 8 heavy (non-hydrogen) atoms. The first kappa shape index (κ1) is 12.3. The average molecular weight is 230 g/mol. The second kappa shape index (κ2) is 6.68. The van der Waals surface area contributed by atoms with Crippen LogP contribution in [0.2, 0.25) is 0 Å². The summed E-state index contributed by atoms with van der Waals surface area (Å²) in [6.45, 7) is 0. The van der Waals surface area contributed by atoms with E-state index in [0.717, 1.165) is 0 Å². The molecule has 0 radical (unpaired) electrons. The van der Waals surface area contributed by atoms with Gasteiger partial charge in [0.1, 0.15) is 4.31 Å². The topological polar surface area (TPSA) is 89.5 Å². The third-order valence-electron chi connectivity index (χ3n) is 0.133. The maximum Gasteiger partial charge on any atom is 2.00 e. The van der Waals surface area contributed by atoms with E-state index in [-0.39, 0.29) is 45.5 Å². The van der Waals surface area contributed by atoms with Crippen LogP contribution in [0.1, 0.15) is 0 Å². The van der Waals surface area contributed by atoms with Gasteiger partial charge < -0.3 is 9.79 Å². The molecule has 5 nitrogen and oxygen atoms in total. The summed E-state index contributed by atoms with van der Waals surface area (Å²) in [5.74, 6) is 0. The molecule has 0 saturated carbocycles. The van der Waals surface area contributed by atoms with Crippen molar-refractivity contribution in [3.63, 3.8) is 0 Å². The Morgan fingerprint density at radius 1 is 1.12 bits per heavy atom. The third kappa shape index (κ3) is 10.5. The molecular formula is O5P2Sr+2. The van der Waals surface area contributed by atoms with Gasteiger partial charge in [-0.2, -0.15) is 0 Å². The second-order valence-electron chi connectivity index (χ2n) is 0.529. The largest absolute Gasteiger partial charge is 2.00 e. The van der Waals surface area contributed by atoms with Gasteiger partial charge in [-0.05, 0) is 9.13 Å². The monoisotopic (exact) mass is 230 g/mol. The van der Waals surface area contributed by atoms with Gasteiger partial charge in [0.25, 0.3) is 0 Å². The van der Waals surface area contributed by atoms with Crippen LogP contribution in [0, 0.1) is 0 Å². The SMILES string of the molecule is O=[P+]([O-])O[P+](=O)[O-].[Sr+2]. The minimum absolute atomic E-state index is 0. The van der Waals surface area contributed by atoms with Gasteiger partial charge >= 0.3 is 62.0 Å². The molecule has 0 amide bonds. The minimum atomic E-state index is -3.24. The Bertz CT molecular complexity index is 86.6. The van der Waals surface area contributed by atoms with Crippen LogP contribution in [0.3, 0.4) is 0 Å². The predicted octanol–water partition coefficient (Wildman–Crippen LogP) is -1.34. The van der Waals surface area contributed by atoms with Crippen LogP contribution in [0.5, 0.6) is 0 Å². The van der Waals surface area contributed by atoms with E-state index in [1.54, 1.807) is 0 Å². The zero-order valence-electron chi connectivity index (χ0n) is 3.64. The Morgan fingerprint density at radius 3 is 1.38 bits per heavy atom. The molecule has 0 aromatic rings. The smallest absolute Gasteiger partial charge is 0.563 e. The van der Waals surface area contributed by atoms with Crippen molar-refractivity contribution in [1.82, 2.24) is 0 Å². The van der Waals surface area contributed by atoms with Crippen LogP contribution in [0.4, 0.5) is 0 Å². The summed E-state index contributed by atoms with van der Waals surface area (Å²) in [5, 5.41) is 0. The van der Waals surface area contributed by atoms with Gasteiger partial charge in [-0.15, -0.1) is 0 Å². The molecule has 0 aliphatic rings. The zero-order chi connectivity index (χ0) is 5.86. The summed E-state index contributed by atoms with van der Waals surface area (Å²) in [6.07, 6.45) is 0. The van der Waals surface area contributed by atoms with Gasteiger partial charge in [-0.1, -0.05) is 0 Å². The standard InChI is InChI=1S/O5P2.Sr/c1-6(2)5-7(3)4;/q;+2. The molecule has 0 heterocycles. The number of hydrogen-bond donors (Lipinski definition) is 0. The van der Waals surface area contributed by atoms with Gasteiger partial charge in [0.15, 0.2) is 0 Å². The molecular weight excluding hydrogens is 230 g/mol. The average Bonchev–Trinajstić information content (AvgIpc) is 1.27. The quantitative estimate of drug-likeness (QED) is 0.432. The number of hydrogen-bond acceptors (Lipinski definition) is 5. The van der Waals surface area contributed by atoms with Crippen LogP contribution in [0.25, 0.3) is 0 Å². The molecule has 0 aromatic carbocycles. The molecule has 0 saturated heterocycles. The number of rotatable bonds is 2. The van der Waals surface area contributed by atoms with Crippen molar-refractivity contribution in [3.8, 4) is 0 Å². The first-order chi connectivity index (χ1) is 3.13. The Kier molecular flexibility index (Phi) is 10.2. The van der Waals surface area contributed by atoms with Gasteiger partial charge in [0.2, 0.25) is 0 Å². The molecule has 0 rings (SSSR count). The Labute approximate surface area is 84.2 Å². The van der Waals surface area contributed by atoms with Gasteiger partial charge in [-0.3, -0.25) is 0 Å². The Balaban J connectivity index is 0. The van der Waals surface area contributed by atoms with Crippen LogP contribution >= 0.6 is 16.5 Å². The molecule has 0 fully saturated rings. The molecule has 0 bridgehead atoms. The van der Waals surface area contributed by atoms with Gasteiger partial charge in [-0.25, -0.2) is 0 Å². The molecule has 0 N–H and O–H groups in total. The van der Waals surface area contributed by atoms with E-state index in [1.807, 2.05) is 0 Å². The van der Waals surface area contributed by atoms with Gasteiger partial charge in [0.05, 0.1) is 0 Å². The summed E-state index contributed by atoms with van der Waals surface area (Å²) >= 11 is 0. The van der Waals surface area contributed by atoms with Crippen molar-refractivity contribution in [3.05, 3.63) is 0 Å². The van der Waals surface area contributed by atoms with E-state index >= 15 is 0 Å². The van der Waals surface area contributed by atoms with Crippen LogP contribution < -0.4 is 9.79 Å². The van der Waals surface area contributed by atoms with Gasteiger partial charge in [0, 0.05) is 0 Å². The van der Waals surface area contributed by atoms with E-state index in [9.17, 15) is 18.9 Å². The fourth-order valence-electron chi connectivity index (χ4n) is 0.0544. The molecule has 0 aromatic heterocycles. The maximum absolute atomic E-state index is 9.24. The van der Waals surface area contributed by atoms with Crippen molar-refractivity contribution in [2.75, 3.05) is 0 Å². The maximum atomic E-state index is 9.24. The summed E-state index contributed by atoms with van der Waals surface area (Å²) in [7, 11) is -6.47. The summed E-state index contributed by atoms with van der Waals surface area (Å²) in [5.41, 5.74) is 0. The minimum Gasteiger partial charge on any atom is -0.563 e. The Hall–Kier alpha value is 1.56. The third-order valence-corrected chi connectivity index (χ3v) is 1.20. The first-order valence-electron chi connectivity index (χ1n) is 1.10. The first-order valence-corrected chi connectivity index (χ1v) is 3.29. The van der Waals surface area contributed by atoms with E-state index < -0.39 is 16.5 Å². The summed E-state index contributed by atoms with van der Waals surface area (Å²) < 4.78 is 21.6. The van der Waals surface area contributed by atoms with Crippen molar-refractivity contribution in [2.45, 2.75) is 0 Å². The molecule has 0 aliphatic carbocycles. The van der Waals surface area contributed by atoms with E-state index in [1.165, 1.54) is 0 Å². The molecule has 2 unspecified atom stereocenters. The summed E-state index contributed by atoms with van der Waals surface area (Å²) in [4.78, 5) is 18.5. The molecule has 2 atom stereocenters. The van der Waals surface area contributed by atoms with E-state index in [4.69, 9.17) is 0 Å². The van der Waals surface area contributed by atoms with Crippen LogP contribution in [-0.2, 0) is 13.4 Å². The van der Waals surface area contributed by atoms with E-state index in [2.05, 4.69) is 4.31 Å².